The number of fused-ring (bicyclic) bond motifs is 10. The molecule has 0 aromatic heterocycles. The quantitative estimate of drug-likeness (QED) is 0.143. The summed E-state index contributed by atoms with van der Waals surface area (Å²) < 4.78 is 0. The fourth-order valence-electron chi connectivity index (χ4n) is 12.4. The second-order valence-electron chi connectivity index (χ2n) is 20.1. The average molecular weight is 825 g/mol. The van der Waals surface area contributed by atoms with Crippen LogP contribution in [0.1, 0.15) is 115 Å². The highest BCUT2D eigenvalue weighted by molar-refractivity contribution is 5.91. The molecule has 4 aliphatic carbocycles. The van der Waals surface area contributed by atoms with Crippen LogP contribution < -0.4 is 10.4 Å². The number of rotatable bonds is 8. The number of allylic oxidation sites excluding steroid dienone is 4. The predicted octanol–water partition coefficient (Wildman–Crippen LogP) is 14.9. The molecule has 8 aromatic carbocycles. The zero-order valence-corrected chi connectivity index (χ0v) is 37.7. The fourth-order valence-corrected chi connectivity index (χ4v) is 12.4. The molecule has 0 bridgehead atoms. The first-order valence-corrected chi connectivity index (χ1v) is 23.8. The molecule has 0 spiro atoms. The van der Waals surface area contributed by atoms with Crippen molar-refractivity contribution in [3.8, 4) is 22.3 Å². The van der Waals surface area contributed by atoms with Crippen molar-refractivity contribution in [3.05, 3.63) is 236 Å². The Kier molecular flexibility index (Phi) is 9.20. The van der Waals surface area contributed by atoms with Gasteiger partial charge in [0.15, 0.2) is 0 Å². The van der Waals surface area contributed by atoms with Gasteiger partial charge in [0.2, 0.25) is 0 Å². The Morgan fingerprint density at radius 2 is 1.05 bits per heavy atom. The van der Waals surface area contributed by atoms with Crippen molar-refractivity contribution in [2.75, 3.05) is 0 Å². The Balaban J connectivity index is 0.952. The molecule has 12 rings (SSSR count). The van der Waals surface area contributed by atoms with Crippen LogP contribution in [0, 0.1) is 0 Å². The minimum atomic E-state index is -0.137. The number of hydrogen-bond acceptors (Lipinski definition) is 0. The van der Waals surface area contributed by atoms with Crippen LogP contribution in [0.3, 0.4) is 0 Å². The zero-order valence-electron chi connectivity index (χ0n) is 37.7. The summed E-state index contributed by atoms with van der Waals surface area (Å²) in [6, 6.07) is 58.1. The predicted molar refractivity (Wildman–Crippen MR) is 272 cm³/mol. The molecule has 64 heavy (non-hydrogen) atoms. The summed E-state index contributed by atoms with van der Waals surface area (Å²) in [6.07, 6.45) is 18.8. The van der Waals surface area contributed by atoms with Crippen molar-refractivity contribution in [3.63, 3.8) is 0 Å². The second-order valence-corrected chi connectivity index (χ2v) is 20.1. The molecule has 0 N–H and O–H groups in total. The molecular weight excluding hydrogens is 769 g/mol. The lowest BCUT2D eigenvalue weighted by atomic mass is 9.77. The largest absolute Gasteiger partial charge is 0.0839 e. The minimum Gasteiger partial charge on any atom is -0.0839 e. The Morgan fingerprint density at radius 3 is 1.77 bits per heavy atom. The Bertz CT molecular complexity index is 3380. The van der Waals surface area contributed by atoms with E-state index in [1.165, 1.54) is 110 Å². The summed E-state index contributed by atoms with van der Waals surface area (Å²) in [7, 11) is 0. The average Bonchev–Trinajstić information content (AvgIpc) is 3.70. The van der Waals surface area contributed by atoms with Gasteiger partial charge in [-0.15, -0.1) is 0 Å². The maximum absolute atomic E-state index is 2.64. The first-order valence-electron chi connectivity index (χ1n) is 23.8. The van der Waals surface area contributed by atoms with Crippen molar-refractivity contribution < 1.29 is 0 Å². The first-order chi connectivity index (χ1) is 31.3. The van der Waals surface area contributed by atoms with E-state index in [9.17, 15) is 0 Å². The molecule has 0 heterocycles. The molecule has 0 aliphatic heterocycles. The summed E-state index contributed by atoms with van der Waals surface area (Å²) in [6.45, 7) is 9.91. The van der Waals surface area contributed by atoms with E-state index in [2.05, 4.69) is 210 Å². The monoisotopic (exact) mass is 824 g/mol. The molecule has 312 valence electrons. The van der Waals surface area contributed by atoms with Crippen molar-refractivity contribution in [1.29, 1.82) is 0 Å². The van der Waals surface area contributed by atoms with Gasteiger partial charge in [-0.2, -0.15) is 0 Å². The van der Waals surface area contributed by atoms with Gasteiger partial charge in [-0.3, -0.25) is 0 Å². The molecule has 8 aromatic rings. The Morgan fingerprint density at radius 1 is 0.453 bits per heavy atom. The van der Waals surface area contributed by atoms with Gasteiger partial charge in [0.25, 0.3) is 0 Å². The van der Waals surface area contributed by atoms with Gasteiger partial charge >= 0.3 is 0 Å². The highest BCUT2D eigenvalue weighted by atomic mass is 14.5. The van der Waals surface area contributed by atoms with Crippen molar-refractivity contribution in [2.24, 2.45) is 0 Å². The highest BCUT2D eigenvalue weighted by Gasteiger charge is 2.43. The van der Waals surface area contributed by atoms with Crippen LogP contribution in [0.15, 0.2) is 175 Å². The SMILES string of the molecule is CC1(C)c2cc(CC(c3ccccc3)c3cccc4ccccc34)ccc2-c2cc3c(cc21)-c1c(cc(CC(C2=CCCC=C2)c2cccc4ccccc24)c2c1=CCCC=2)C3(C)C. The van der Waals surface area contributed by atoms with Crippen LogP contribution in [0.4, 0.5) is 0 Å². The number of hydrogen-bond donors (Lipinski definition) is 0. The molecule has 2 atom stereocenters. The molecular formula is C64H56. The third-order valence-electron chi connectivity index (χ3n) is 15.7. The smallest absolute Gasteiger partial charge is 0.0159 e. The summed E-state index contributed by atoms with van der Waals surface area (Å²) >= 11 is 0. The Labute approximate surface area is 379 Å². The van der Waals surface area contributed by atoms with Crippen molar-refractivity contribution >= 4 is 33.7 Å². The summed E-state index contributed by atoms with van der Waals surface area (Å²) in [5.74, 6) is 0.536. The first kappa shape index (κ1) is 39.1. The third kappa shape index (κ3) is 6.17. The van der Waals surface area contributed by atoms with Crippen LogP contribution in [0.5, 0.6) is 0 Å². The van der Waals surface area contributed by atoms with Gasteiger partial charge < -0.3 is 0 Å². The lowest BCUT2D eigenvalue weighted by molar-refractivity contribution is 0.649. The van der Waals surface area contributed by atoms with Gasteiger partial charge in [-0.1, -0.05) is 198 Å². The van der Waals surface area contributed by atoms with Crippen molar-refractivity contribution in [2.45, 2.75) is 88.9 Å². The highest BCUT2D eigenvalue weighted by Crippen LogP contribution is 2.56. The Hall–Kier alpha value is -6.50. The van der Waals surface area contributed by atoms with Crippen LogP contribution in [0.2, 0.25) is 0 Å². The lowest BCUT2D eigenvalue weighted by Crippen LogP contribution is -2.34. The molecule has 0 saturated carbocycles. The van der Waals surface area contributed by atoms with Crippen LogP contribution >= 0.6 is 0 Å². The van der Waals surface area contributed by atoms with E-state index in [-0.39, 0.29) is 22.7 Å². The van der Waals surface area contributed by atoms with Gasteiger partial charge in [0, 0.05) is 22.7 Å². The van der Waals surface area contributed by atoms with E-state index in [0.717, 1.165) is 38.5 Å². The maximum atomic E-state index is 2.64. The fraction of sp³-hybridized carbons (Fsp3) is 0.219. The van der Waals surface area contributed by atoms with E-state index < -0.39 is 0 Å². The molecule has 0 fully saturated rings. The second kappa shape index (κ2) is 15.1. The topological polar surface area (TPSA) is 0 Å². The lowest BCUT2D eigenvalue weighted by Gasteiger charge is -2.26. The van der Waals surface area contributed by atoms with E-state index in [4.69, 9.17) is 0 Å². The minimum absolute atomic E-state index is 0.132. The van der Waals surface area contributed by atoms with E-state index >= 15 is 0 Å². The van der Waals surface area contributed by atoms with Crippen LogP contribution in [-0.2, 0) is 23.7 Å². The molecule has 0 nitrogen and oxygen atoms in total. The van der Waals surface area contributed by atoms with E-state index in [1.807, 2.05) is 0 Å². The van der Waals surface area contributed by atoms with E-state index in [0.29, 0.717) is 0 Å². The molecule has 0 heteroatoms. The molecule has 0 amide bonds. The van der Waals surface area contributed by atoms with Crippen LogP contribution in [-0.4, -0.2) is 0 Å². The van der Waals surface area contributed by atoms with Gasteiger partial charge in [0.1, 0.15) is 0 Å². The van der Waals surface area contributed by atoms with Gasteiger partial charge in [-0.05, 0) is 161 Å². The normalized spacial score (nSPS) is 17.0. The summed E-state index contributed by atoms with van der Waals surface area (Å²) in [5, 5.41) is 8.27. The molecule has 0 radical (unpaired) electrons. The molecule has 0 saturated heterocycles. The standard InChI is InChI=1S/C64H56/c1-63(2)58-36-41(35-54(44-19-7-5-8-20-44)50-31-17-25-42-23-11-13-27-47(42)50)33-34-52(58)56-39-60-57(40-59(56)63)62-53-30-16-15-29-49(53)46(38-61(62)64(60,3)4)37-55(45-21-9-6-10-22-45)51-32-18-26-43-24-12-14-28-48(43)51/h5,7-9,11-14,17-34,36,38-40,54-55H,6,10,15-16,35,37H2,1-4H3. The van der Waals surface area contributed by atoms with Gasteiger partial charge in [-0.25, -0.2) is 0 Å². The summed E-state index contributed by atoms with van der Waals surface area (Å²) in [4.78, 5) is 0. The van der Waals surface area contributed by atoms with Gasteiger partial charge in [0.05, 0.1) is 0 Å². The zero-order chi connectivity index (χ0) is 43.2. The molecule has 4 aliphatic rings. The van der Waals surface area contributed by atoms with E-state index in [1.54, 1.807) is 0 Å². The number of benzene rings is 8. The third-order valence-corrected chi connectivity index (χ3v) is 15.7. The molecule has 2 unspecified atom stereocenters. The summed E-state index contributed by atoms with van der Waals surface area (Å²) in [5.41, 5.74) is 19.9. The maximum Gasteiger partial charge on any atom is 0.0159 e. The van der Waals surface area contributed by atoms with Crippen molar-refractivity contribution in [1.82, 2.24) is 0 Å². The van der Waals surface area contributed by atoms with Crippen LogP contribution in [0.25, 0.3) is 56.0 Å².